The molecule has 9 atom stereocenters. The number of aromatic hydroxyl groups is 1. The van der Waals surface area contributed by atoms with E-state index in [9.17, 15) is 34.2 Å². The van der Waals surface area contributed by atoms with Gasteiger partial charge in [-0.1, -0.05) is 117 Å². The summed E-state index contributed by atoms with van der Waals surface area (Å²) in [4.78, 5) is 64.6. The molecular formula is C61H84N2O15. The number of nitrogens with zero attached hydrogens (tertiary/aromatic N) is 1. The highest BCUT2D eigenvalue weighted by atomic mass is 16.6. The first-order valence-corrected chi connectivity index (χ1v) is 26.2. The molecule has 17 heteroatoms. The number of Topliss-reactive ketones (excluding diaryl/α,β-unsaturated/α-hetero) is 1. The lowest BCUT2D eigenvalue weighted by Gasteiger charge is -2.25. The second kappa shape index (κ2) is 36.4. The average molecular weight is 1090 g/mol. The second-order valence-corrected chi connectivity index (χ2v) is 19.7. The number of ether oxygens (including phenoxy) is 8. The normalized spacial score (nSPS) is 14.5. The Balaban J connectivity index is 0.000000410. The minimum absolute atomic E-state index is 0.0141. The summed E-state index contributed by atoms with van der Waals surface area (Å²) in [5.41, 5.74) is 7.84. The van der Waals surface area contributed by atoms with Crippen LogP contribution in [0.15, 0.2) is 129 Å². The fraction of sp³-hybridized carbons (Fsp3) is 0.475. The van der Waals surface area contributed by atoms with E-state index in [2.05, 4.69) is 18.1 Å². The van der Waals surface area contributed by atoms with E-state index >= 15 is 0 Å². The van der Waals surface area contributed by atoms with E-state index in [-0.39, 0.29) is 55.0 Å². The number of pyridine rings is 1. The van der Waals surface area contributed by atoms with Crippen LogP contribution in [-0.4, -0.2) is 107 Å². The summed E-state index contributed by atoms with van der Waals surface area (Å²) in [6.45, 7) is 24.0. The molecule has 4 N–H and O–H groups in total. The van der Waals surface area contributed by atoms with E-state index in [1.54, 1.807) is 74.5 Å². The Labute approximate surface area is 461 Å². The third-order valence-electron chi connectivity index (χ3n) is 11.5. The molecule has 0 amide bonds. The van der Waals surface area contributed by atoms with Gasteiger partial charge in [-0.15, -0.1) is 13.2 Å². The Morgan fingerprint density at radius 3 is 1.40 bits per heavy atom. The summed E-state index contributed by atoms with van der Waals surface area (Å²) >= 11 is 0. The van der Waals surface area contributed by atoms with Crippen LogP contribution in [0.1, 0.15) is 122 Å². The molecule has 3 aromatic carbocycles. The van der Waals surface area contributed by atoms with E-state index in [1.807, 2.05) is 91.0 Å². The van der Waals surface area contributed by atoms with Gasteiger partial charge in [0, 0.05) is 31.7 Å². The van der Waals surface area contributed by atoms with Gasteiger partial charge in [-0.05, 0) is 78.0 Å². The summed E-state index contributed by atoms with van der Waals surface area (Å²) in [6.07, 6.45) is 3.64. The summed E-state index contributed by atoms with van der Waals surface area (Å²) in [5, 5.41) is 19.4. The minimum Gasteiger partial charge on any atom is -0.503 e. The number of rotatable bonds is 30. The fourth-order valence-corrected chi connectivity index (χ4v) is 7.13. The molecule has 4 rings (SSSR count). The number of benzene rings is 3. The first-order valence-electron chi connectivity index (χ1n) is 26.2. The Bertz CT molecular complexity index is 2390. The zero-order valence-electron chi connectivity index (χ0n) is 47.2. The van der Waals surface area contributed by atoms with E-state index in [4.69, 9.17) is 43.6 Å². The first-order chi connectivity index (χ1) is 37.0. The molecule has 0 aliphatic heterocycles. The maximum Gasteiger partial charge on any atom is 0.322 e. The van der Waals surface area contributed by atoms with Crippen LogP contribution < -0.4 is 10.5 Å². The van der Waals surface area contributed by atoms with Crippen molar-refractivity contribution in [3.63, 3.8) is 0 Å². The molecule has 0 spiro atoms. The van der Waals surface area contributed by atoms with E-state index < -0.39 is 71.5 Å². The maximum absolute atomic E-state index is 12.5. The average Bonchev–Trinajstić information content (AvgIpc) is 3.40. The Morgan fingerprint density at radius 2 is 1.01 bits per heavy atom. The van der Waals surface area contributed by atoms with Crippen molar-refractivity contribution in [2.45, 2.75) is 163 Å². The monoisotopic (exact) mass is 1080 g/mol. The van der Waals surface area contributed by atoms with Crippen LogP contribution in [0.25, 0.3) is 0 Å². The number of aliphatic hydroxyl groups is 1. The van der Waals surface area contributed by atoms with Gasteiger partial charge in [-0.3, -0.25) is 24.0 Å². The zero-order chi connectivity index (χ0) is 58.2. The van der Waals surface area contributed by atoms with Crippen molar-refractivity contribution in [1.29, 1.82) is 0 Å². The van der Waals surface area contributed by atoms with Gasteiger partial charge in [0.25, 0.3) is 0 Å². The number of aliphatic hydroxyl groups excluding tert-OH is 1. The highest BCUT2D eigenvalue weighted by molar-refractivity contribution is 5.99. The summed E-state index contributed by atoms with van der Waals surface area (Å²) in [7, 11) is 1.37. The fourth-order valence-electron chi connectivity index (χ4n) is 7.13. The molecule has 3 unspecified atom stereocenters. The number of hydrogen-bond acceptors (Lipinski definition) is 17. The summed E-state index contributed by atoms with van der Waals surface area (Å²) in [5.74, 6) is -3.92. The molecule has 0 radical (unpaired) electrons. The lowest BCUT2D eigenvalue weighted by Crippen LogP contribution is -2.37. The number of methoxy groups -OCH3 is 1. The Kier molecular flexibility index (Phi) is 31.4. The summed E-state index contributed by atoms with van der Waals surface area (Å²) in [6, 6.07) is 30.0. The highest BCUT2D eigenvalue weighted by Crippen LogP contribution is 2.29. The van der Waals surface area contributed by atoms with Crippen molar-refractivity contribution in [3.05, 3.63) is 151 Å². The lowest BCUT2D eigenvalue weighted by atomic mass is 10.0. The topological polar surface area (TPSA) is 239 Å². The largest absolute Gasteiger partial charge is 0.503 e. The molecule has 1 aromatic heterocycles. The van der Waals surface area contributed by atoms with E-state index in [0.29, 0.717) is 39.1 Å². The van der Waals surface area contributed by atoms with Gasteiger partial charge in [0.05, 0.1) is 63.5 Å². The molecule has 0 saturated heterocycles. The zero-order valence-corrected chi connectivity index (χ0v) is 47.2. The summed E-state index contributed by atoms with van der Waals surface area (Å²) < 4.78 is 44.1. The van der Waals surface area contributed by atoms with Crippen molar-refractivity contribution < 1.29 is 72.1 Å². The van der Waals surface area contributed by atoms with Crippen LogP contribution in [0, 0.1) is 11.8 Å². The van der Waals surface area contributed by atoms with Crippen molar-refractivity contribution in [3.8, 4) is 11.5 Å². The number of esters is 4. The van der Waals surface area contributed by atoms with Crippen LogP contribution in [0.5, 0.6) is 11.5 Å². The molecule has 0 fully saturated rings. The maximum atomic E-state index is 12.5. The number of carbonyl (C=O) groups is 5. The van der Waals surface area contributed by atoms with E-state index in [0.717, 1.165) is 16.7 Å². The van der Waals surface area contributed by atoms with Gasteiger partial charge in [0.2, 0.25) is 0 Å². The first kappa shape index (κ1) is 67.3. The molecule has 0 aliphatic carbocycles. The van der Waals surface area contributed by atoms with Gasteiger partial charge in [-0.2, -0.15) is 0 Å². The van der Waals surface area contributed by atoms with Crippen LogP contribution in [0.3, 0.4) is 0 Å². The molecule has 1 heterocycles. The lowest BCUT2D eigenvalue weighted by molar-refractivity contribution is -0.167. The number of aromatic nitrogens is 1. The van der Waals surface area contributed by atoms with Gasteiger partial charge >= 0.3 is 23.9 Å². The highest BCUT2D eigenvalue weighted by Gasteiger charge is 2.30. The van der Waals surface area contributed by atoms with Gasteiger partial charge in [0.15, 0.2) is 23.0 Å². The standard InChI is InChI=1S/C23H29NO7.C22H32O5.C16H23NO3/c1-15(13-18(26)21-22(27)20(29-3)9-11-24-21)23(28)31-16(2)19(10-12-25)30-14-17-7-5-4-6-8-17;1-7-11-19(25-15-18-12-9-8-10-13-18)17(3)26-21(24)16(2)14-20(23)27-22(4,5)6;1-4-8-15(13(3)20-16(18)12(2)17)19-11-14-9-6-5-7-10-14/h4-9,11,15-16,19,25,27H,10,12-14H2,1-3H3;7-10,12-13,16-17,19H,1,11,14-15H2,2-6H3;4-7,9-10,12-13,15H,1,8,11,17H2,2-3H3/t15-,16+,19?;16-,17+,19?;12-,13-,15?/m110/s1. The molecular weight excluding hydrogens is 1000 g/mol. The molecule has 78 heavy (non-hydrogen) atoms. The van der Waals surface area contributed by atoms with Crippen molar-refractivity contribution in [2.75, 3.05) is 13.7 Å². The predicted octanol–water partition coefficient (Wildman–Crippen LogP) is 9.78. The molecule has 0 bridgehead atoms. The van der Waals surface area contributed by atoms with E-state index in [1.165, 1.54) is 19.4 Å². The second-order valence-electron chi connectivity index (χ2n) is 19.7. The van der Waals surface area contributed by atoms with Gasteiger partial charge in [0.1, 0.15) is 30.0 Å². The molecule has 428 valence electrons. The quantitative estimate of drug-likeness (QED) is 0.0191. The number of nitrogens with two attached hydrogens (primary N) is 1. The number of carbonyl (C=O) groups excluding carboxylic acids is 5. The van der Waals surface area contributed by atoms with Crippen LogP contribution in [0.4, 0.5) is 0 Å². The minimum atomic E-state index is -0.758. The molecule has 17 nitrogen and oxygen atoms in total. The Hall–Kier alpha value is -6.76. The van der Waals surface area contributed by atoms with Crippen LogP contribution in [-0.2, 0) is 72.2 Å². The van der Waals surface area contributed by atoms with Crippen molar-refractivity contribution in [1.82, 2.24) is 4.98 Å². The molecule has 0 aliphatic rings. The number of ketones is 1. The molecule has 0 saturated carbocycles. The third-order valence-corrected chi connectivity index (χ3v) is 11.5. The van der Waals surface area contributed by atoms with Crippen LogP contribution >= 0.6 is 0 Å². The Morgan fingerprint density at radius 1 is 0.615 bits per heavy atom. The third kappa shape index (κ3) is 26.5. The van der Waals surface area contributed by atoms with Crippen molar-refractivity contribution in [2.24, 2.45) is 17.6 Å². The SMILES string of the molecule is C=CCC(OCc1ccccc1)[C@H](C)OC(=O)[C@H](C)CC(=O)OC(C)(C)C.C=CCC(OCc1ccccc1)[C@H](C)OC(=O)[C@H](C)N.COc1ccnc(C(=O)C[C@@H](C)C(=O)O[C@@H](C)C(CCO)OCc2ccccc2)c1O. The van der Waals surface area contributed by atoms with Crippen molar-refractivity contribution >= 4 is 29.7 Å². The van der Waals surface area contributed by atoms with Gasteiger partial charge < -0.3 is 53.8 Å². The van der Waals surface area contributed by atoms with Crippen LogP contribution in [0.2, 0.25) is 0 Å². The predicted molar refractivity (Wildman–Crippen MR) is 297 cm³/mol. The smallest absolute Gasteiger partial charge is 0.322 e. The number of hydrogen-bond donors (Lipinski definition) is 3. The molecule has 4 aromatic rings. The van der Waals surface area contributed by atoms with Gasteiger partial charge in [-0.25, -0.2) is 4.98 Å².